The first-order chi connectivity index (χ1) is 10.1. The van der Waals surface area contributed by atoms with Gasteiger partial charge >= 0.3 is 0 Å². The van der Waals surface area contributed by atoms with E-state index in [0.717, 1.165) is 16.7 Å². The minimum Gasteiger partial charge on any atom is -0.487 e. The van der Waals surface area contributed by atoms with E-state index in [0.29, 0.717) is 28.9 Å². The van der Waals surface area contributed by atoms with Crippen LogP contribution in [0.4, 0.5) is 0 Å². The molecule has 0 atom stereocenters. The lowest BCUT2D eigenvalue weighted by Gasteiger charge is -2.11. The standard InChI is InChI=1S/C17H15Cl2NO/c1-12-7-8-17(13(10-12)4-3-9-20)21-11-14-15(18)5-2-6-16(14)19/h2,5-8,10H,9,11,20H2,1H3. The van der Waals surface area contributed by atoms with Gasteiger partial charge in [0.05, 0.1) is 12.1 Å². The van der Waals surface area contributed by atoms with Gasteiger partial charge in [0, 0.05) is 15.6 Å². The van der Waals surface area contributed by atoms with Crippen LogP contribution >= 0.6 is 23.2 Å². The van der Waals surface area contributed by atoms with Crippen molar-refractivity contribution in [2.45, 2.75) is 13.5 Å². The molecule has 4 heteroatoms. The molecular weight excluding hydrogens is 305 g/mol. The monoisotopic (exact) mass is 319 g/mol. The van der Waals surface area contributed by atoms with E-state index < -0.39 is 0 Å². The summed E-state index contributed by atoms with van der Waals surface area (Å²) in [5.41, 5.74) is 8.10. The molecule has 0 aromatic heterocycles. The van der Waals surface area contributed by atoms with Gasteiger partial charge in [0.2, 0.25) is 0 Å². The van der Waals surface area contributed by atoms with E-state index in [2.05, 4.69) is 11.8 Å². The third-order valence-electron chi connectivity index (χ3n) is 2.89. The Morgan fingerprint density at radius 1 is 1.14 bits per heavy atom. The van der Waals surface area contributed by atoms with Gasteiger partial charge in [-0.1, -0.05) is 47.2 Å². The predicted molar refractivity (Wildman–Crippen MR) is 87.9 cm³/mol. The molecule has 0 saturated heterocycles. The van der Waals surface area contributed by atoms with E-state index in [4.69, 9.17) is 33.7 Å². The van der Waals surface area contributed by atoms with E-state index in [1.54, 1.807) is 18.2 Å². The molecule has 108 valence electrons. The van der Waals surface area contributed by atoms with Crippen molar-refractivity contribution < 1.29 is 4.74 Å². The molecule has 2 aromatic carbocycles. The van der Waals surface area contributed by atoms with Crippen LogP contribution in [0.3, 0.4) is 0 Å². The van der Waals surface area contributed by atoms with Gasteiger partial charge in [-0.25, -0.2) is 0 Å². The van der Waals surface area contributed by atoms with Crippen molar-refractivity contribution in [2.24, 2.45) is 5.73 Å². The maximum Gasteiger partial charge on any atom is 0.135 e. The number of rotatable bonds is 3. The molecule has 0 saturated carbocycles. The molecule has 0 aliphatic rings. The fourth-order valence-corrected chi connectivity index (χ4v) is 2.34. The average molecular weight is 320 g/mol. The normalized spacial score (nSPS) is 9.90. The van der Waals surface area contributed by atoms with E-state index in [9.17, 15) is 0 Å². The quantitative estimate of drug-likeness (QED) is 0.861. The van der Waals surface area contributed by atoms with Crippen molar-refractivity contribution in [3.8, 4) is 17.6 Å². The number of ether oxygens (including phenoxy) is 1. The molecule has 21 heavy (non-hydrogen) atoms. The highest BCUT2D eigenvalue weighted by molar-refractivity contribution is 6.35. The summed E-state index contributed by atoms with van der Waals surface area (Å²) < 4.78 is 5.82. The molecule has 0 bridgehead atoms. The molecular formula is C17H15Cl2NO. The van der Waals surface area contributed by atoms with Gasteiger partial charge in [-0.2, -0.15) is 0 Å². The summed E-state index contributed by atoms with van der Waals surface area (Å²) >= 11 is 12.3. The van der Waals surface area contributed by atoms with Gasteiger partial charge in [0.25, 0.3) is 0 Å². The van der Waals surface area contributed by atoms with Gasteiger partial charge < -0.3 is 10.5 Å². The van der Waals surface area contributed by atoms with Crippen LogP contribution in [0, 0.1) is 18.8 Å². The smallest absolute Gasteiger partial charge is 0.135 e. The third kappa shape index (κ3) is 4.15. The lowest BCUT2D eigenvalue weighted by molar-refractivity contribution is 0.305. The highest BCUT2D eigenvalue weighted by Crippen LogP contribution is 2.27. The number of aryl methyl sites for hydroxylation is 1. The second-order valence-electron chi connectivity index (χ2n) is 4.49. The van der Waals surface area contributed by atoms with Crippen LogP contribution in [0.2, 0.25) is 10.0 Å². The molecule has 0 unspecified atom stereocenters. The largest absolute Gasteiger partial charge is 0.487 e. The van der Waals surface area contributed by atoms with E-state index >= 15 is 0 Å². The highest BCUT2D eigenvalue weighted by Gasteiger charge is 2.08. The SMILES string of the molecule is Cc1ccc(OCc2c(Cl)cccc2Cl)c(C#CCN)c1. The zero-order valence-electron chi connectivity index (χ0n) is 11.6. The number of halogens is 2. The van der Waals surface area contributed by atoms with Gasteiger partial charge in [0.15, 0.2) is 0 Å². The lowest BCUT2D eigenvalue weighted by Crippen LogP contribution is -2.00. The minimum atomic E-state index is 0.291. The Kier molecular flexibility index (Phi) is 5.52. The van der Waals surface area contributed by atoms with Crippen LogP contribution in [0.5, 0.6) is 5.75 Å². The summed E-state index contributed by atoms with van der Waals surface area (Å²) in [6.07, 6.45) is 0. The van der Waals surface area contributed by atoms with Crippen molar-refractivity contribution in [3.63, 3.8) is 0 Å². The van der Waals surface area contributed by atoms with Crippen LogP contribution in [0.25, 0.3) is 0 Å². The zero-order chi connectivity index (χ0) is 15.2. The topological polar surface area (TPSA) is 35.2 Å². The van der Waals surface area contributed by atoms with Gasteiger partial charge in [0.1, 0.15) is 12.4 Å². The number of hydrogen-bond acceptors (Lipinski definition) is 2. The number of nitrogens with two attached hydrogens (primary N) is 1. The van der Waals surface area contributed by atoms with E-state index in [1.807, 2.05) is 25.1 Å². The molecule has 0 heterocycles. The minimum absolute atomic E-state index is 0.291. The first-order valence-corrected chi connectivity index (χ1v) is 7.22. The van der Waals surface area contributed by atoms with Crippen LogP contribution < -0.4 is 10.5 Å². The Labute approximate surface area is 134 Å². The summed E-state index contributed by atoms with van der Waals surface area (Å²) in [6.45, 7) is 2.60. The van der Waals surface area contributed by atoms with Gasteiger partial charge in [-0.15, -0.1) is 0 Å². The maximum absolute atomic E-state index is 6.14. The Morgan fingerprint density at radius 3 is 2.52 bits per heavy atom. The van der Waals surface area contributed by atoms with Crippen LogP contribution in [-0.4, -0.2) is 6.54 Å². The molecule has 2 aromatic rings. The van der Waals surface area contributed by atoms with Crippen LogP contribution in [-0.2, 0) is 6.61 Å². The molecule has 0 spiro atoms. The zero-order valence-corrected chi connectivity index (χ0v) is 13.1. The summed E-state index contributed by atoms with van der Waals surface area (Å²) in [7, 11) is 0. The Morgan fingerprint density at radius 2 is 1.86 bits per heavy atom. The van der Waals surface area contributed by atoms with Gasteiger partial charge in [-0.3, -0.25) is 0 Å². The molecule has 0 fully saturated rings. The third-order valence-corrected chi connectivity index (χ3v) is 3.60. The molecule has 2 nitrogen and oxygen atoms in total. The summed E-state index contributed by atoms with van der Waals surface area (Å²) in [6, 6.07) is 11.2. The summed E-state index contributed by atoms with van der Waals surface area (Å²) in [5.74, 6) is 6.54. The van der Waals surface area contributed by atoms with Gasteiger partial charge in [-0.05, 0) is 36.8 Å². The average Bonchev–Trinajstić information content (AvgIpc) is 2.46. The fourth-order valence-electron chi connectivity index (χ4n) is 1.83. The molecule has 0 radical (unpaired) electrons. The Hall–Kier alpha value is -1.66. The number of hydrogen-bond donors (Lipinski definition) is 1. The van der Waals surface area contributed by atoms with Crippen molar-refractivity contribution in [3.05, 3.63) is 63.1 Å². The van der Waals surface area contributed by atoms with Crippen molar-refractivity contribution in [1.29, 1.82) is 0 Å². The first kappa shape index (κ1) is 15.7. The molecule has 0 aliphatic carbocycles. The molecule has 2 N–H and O–H groups in total. The van der Waals surface area contributed by atoms with Crippen LogP contribution in [0.15, 0.2) is 36.4 Å². The highest BCUT2D eigenvalue weighted by atomic mass is 35.5. The maximum atomic E-state index is 6.14. The Bertz CT molecular complexity index is 681. The van der Waals surface area contributed by atoms with Crippen LogP contribution in [0.1, 0.15) is 16.7 Å². The van der Waals surface area contributed by atoms with Crippen molar-refractivity contribution >= 4 is 23.2 Å². The fraction of sp³-hybridized carbons (Fsp3) is 0.176. The summed E-state index contributed by atoms with van der Waals surface area (Å²) in [4.78, 5) is 0. The van der Waals surface area contributed by atoms with E-state index in [1.165, 1.54) is 0 Å². The predicted octanol–water partition coefficient (Wildman–Crippen LogP) is 4.19. The summed E-state index contributed by atoms with van der Waals surface area (Å²) in [5, 5.41) is 1.17. The molecule has 2 rings (SSSR count). The van der Waals surface area contributed by atoms with Crippen molar-refractivity contribution in [2.75, 3.05) is 6.54 Å². The van der Waals surface area contributed by atoms with E-state index in [-0.39, 0.29) is 0 Å². The molecule has 0 aliphatic heterocycles. The molecule has 0 amide bonds. The Balaban J connectivity index is 2.24. The first-order valence-electron chi connectivity index (χ1n) is 6.47. The van der Waals surface area contributed by atoms with Crippen molar-refractivity contribution in [1.82, 2.24) is 0 Å². The second kappa shape index (κ2) is 7.38. The second-order valence-corrected chi connectivity index (χ2v) is 5.31. The number of benzene rings is 2. The lowest BCUT2D eigenvalue weighted by atomic mass is 10.1.